The number of benzene rings is 1. The molecule has 2 nitrogen and oxygen atoms in total. The van der Waals surface area contributed by atoms with E-state index in [1.807, 2.05) is 19.1 Å². The lowest BCUT2D eigenvalue weighted by Gasteiger charge is -2.08. The number of hydrogen-bond donors (Lipinski definition) is 1. The standard InChI is InChI=1S/C11H12ClNOS/c1-8(6-14)7-15-11-3-2-9(5-13)4-10(11)12/h2-4,8,14H,6-7H2,1H3. The van der Waals surface area contributed by atoms with E-state index in [1.54, 1.807) is 23.9 Å². The van der Waals surface area contributed by atoms with Gasteiger partial charge in [-0.3, -0.25) is 0 Å². The van der Waals surface area contributed by atoms with Gasteiger partial charge in [0.25, 0.3) is 0 Å². The van der Waals surface area contributed by atoms with Gasteiger partial charge in [-0.1, -0.05) is 18.5 Å². The predicted molar refractivity (Wildman–Crippen MR) is 63.1 cm³/mol. The molecular weight excluding hydrogens is 230 g/mol. The van der Waals surface area contributed by atoms with Crippen LogP contribution in [-0.4, -0.2) is 17.5 Å². The smallest absolute Gasteiger partial charge is 0.0992 e. The SMILES string of the molecule is CC(CO)CSc1ccc(C#N)cc1Cl. The van der Waals surface area contributed by atoms with E-state index in [4.69, 9.17) is 22.0 Å². The molecule has 0 saturated carbocycles. The third-order valence-electron chi connectivity index (χ3n) is 1.90. The Labute approximate surface area is 98.9 Å². The Morgan fingerprint density at radius 3 is 2.87 bits per heavy atom. The molecule has 0 radical (unpaired) electrons. The maximum absolute atomic E-state index is 8.87. The lowest BCUT2D eigenvalue weighted by atomic mass is 10.2. The van der Waals surface area contributed by atoms with Crippen LogP contribution in [-0.2, 0) is 0 Å². The second-order valence-corrected chi connectivity index (χ2v) is 4.82. The first-order valence-corrected chi connectivity index (χ1v) is 5.97. The Hall–Kier alpha value is -0.690. The fourth-order valence-corrected chi connectivity index (χ4v) is 2.25. The number of aliphatic hydroxyl groups is 1. The normalized spacial score (nSPS) is 12.1. The van der Waals surface area contributed by atoms with Crippen LogP contribution in [0.2, 0.25) is 5.02 Å². The Balaban J connectivity index is 2.67. The van der Waals surface area contributed by atoms with Gasteiger partial charge in [-0.15, -0.1) is 11.8 Å². The fraction of sp³-hybridized carbons (Fsp3) is 0.364. The van der Waals surface area contributed by atoms with Gasteiger partial charge in [0, 0.05) is 17.3 Å². The predicted octanol–water partition coefficient (Wildman–Crippen LogP) is 2.93. The maximum Gasteiger partial charge on any atom is 0.0992 e. The average molecular weight is 242 g/mol. The number of halogens is 1. The van der Waals surface area contributed by atoms with Crippen LogP contribution in [0.3, 0.4) is 0 Å². The molecule has 1 rings (SSSR count). The van der Waals surface area contributed by atoms with Gasteiger partial charge in [0.2, 0.25) is 0 Å². The number of rotatable bonds is 4. The Morgan fingerprint density at radius 1 is 1.60 bits per heavy atom. The van der Waals surface area contributed by atoms with E-state index in [9.17, 15) is 0 Å². The number of aliphatic hydroxyl groups excluding tert-OH is 1. The van der Waals surface area contributed by atoms with E-state index < -0.39 is 0 Å². The maximum atomic E-state index is 8.87. The van der Waals surface area contributed by atoms with Gasteiger partial charge in [-0.05, 0) is 24.1 Å². The third kappa shape index (κ3) is 3.75. The van der Waals surface area contributed by atoms with Crippen molar-refractivity contribution in [1.29, 1.82) is 5.26 Å². The second kappa shape index (κ2) is 6.02. The van der Waals surface area contributed by atoms with E-state index in [2.05, 4.69) is 0 Å². The van der Waals surface area contributed by atoms with Gasteiger partial charge in [0.15, 0.2) is 0 Å². The minimum Gasteiger partial charge on any atom is -0.396 e. The van der Waals surface area contributed by atoms with Crippen molar-refractivity contribution in [1.82, 2.24) is 0 Å². The quantitative estimate of drug-likeness (QED) is 0.825. The van der Waals surface area contributed by atoms with E-state index in [1.165, 1.54) is 0 Å². The molecule has 0 aliphatic carbocycles. The molecule has 4 heteroatoms. The van der Waals surface area contributed by atoms with Crippen molar-refractivity contribution in [3.63, 3.8) is 0 Å². The van der Waals surface area contributed by atoms with Gasteiger partial charge in [-0.2, -0.15) is 5.26 Å². The van der Waals surface area contributed by atoms with Gasteiger partial charge in [-0.25, -0.2) is 0 Å². The summed E-state index contributed by atoms with van der Waals surface area (Å²) in [6.45, 7) is 2.16. The number of nitrogens with zero attached hydrogens (tertiary/aromatic N) is 1. The zero-order valence-electron chi connectivity index (χ0n) is 8.40. The number of thioether (sulfide) groups is 1. The van der Waals surface area contributed by atoms with Crippen LogP contribution in [0.1, 0.15) is 12.5 Å². The largest absolute Gasteiger partial charge is 0.396 e. The molecule has 15 heavy (non-hydrogen) atoms. The minimum atomic E-state index is 0.181. The van der Waals surface area contributed by atoms with E-state index >= 15 is 0 Å². The first-order chi connectivity index (χ1) is 7.17. The Morgan fingerprint density at radius 2 is 2.33 bits per heavy atom. The Bertz CT molecular complexity index is 375. The zero-order chi connectivity index (χ0) is 11.3. The summed E-state index contributed by atoms with van der Waals surface area (Å²) < 4.78 is 0. The monoisotopic (exact) mass is 241 g/mol. The van der Waals surface area contributed by atoms with E-state index in [0.29, 0.717) is 10.6 Å². The van der Waals surface area contributed by atoms with Gasteiger partial charge in [0.05, 0.1) is 16.7 Å². The third-order valence-corrected chi connectivity index (χ3v) is 3.72. The molecule has 0 bridgehead atoms. The van der Waals surface area contributed by atoms with Crippen molar-refractivity contribution in [3.8, 4) is 6.07 Å². The second-order valence-electron chi connectivity index (χ2n) is 3.36. The van der Waals surface area contributed by atoms with Crippen LogP contribution in [0.4, 0.5) is 0 Å². The highest BCUT2D eigenvalue weighted by Gasteiger charge is 2.05. The lowest BCUT2D eigenvalue weighted by molar-refractivity contribution is 0.250. The van der Waals surface area contributed by atoms with Gasteiger partial charge >= 0.3 is 0 Å². The molecule has 1 aromatic rings. The molecule has 0 saturated heterocycles. The molecule has 0 spiro atoms. The van der Waals surface area contributed by atoms with Crippen molar-refractivity contribution in [3.05, 3.63) is 28.8 Å². The van der Waals surface area contributed by atoms with Crippen LogP contribution < -0.4 is 0 Å². The van der Waals surface area contributed by atoms with E-state index in [0.717, 1.165) is 10.6 Å². The molecule has 1 aromatic carbocycles. The van der Waals surface area contributed by atoms with Crippen molar-refractivity contribution in [2.75, 3.05) is 12.4 Å². The molecule has 0 heterocycles. The molecule has 1 N–H and O–H groups in total. The van der Waals surface area contributed by atoms with Crippen LogP contribution in [0, 0.1) is 17.2 Å². The van der Waals surface area contributed by atoms with Crippen molar-refractivity contribution < 1.29 is 5.11 Å². The summed E-state index contributed by atoms with van der Waals surface area (Å²) >= 11 is 7.60. The summed E-state index contributed by atoms with van der Waals surface area (Å²) in [6.07, 6.45) is 0. The molecule has 0 amide bonds. The Kier molecular flexibility index (Phi) is 4.97. The van der Waals surface area contributed by atoms with Crippen molar-refractivity contribution in [2.24, 2.45) is 5.92 Å². The average Bonchev–Trinajstić information content (AvgIpc) is 2.26. The lowest BCUT2D eigenvalue weighted by Crippen LogP contribution is -2.03. The molecule has 0 aliphatic rings. The molecule has 80 valence electrons. The highest BCUT2D eigenvalue weighted by atomic mass is 35.5. The molecule has 1 unspecified atom stereocenters. The zero-order valence-corrected chi connectivity index (χ0v) is 9.98. The molecule has 1 atom stereocenters. The molecule has 0 aliphatic heterocycles. The fourth-order valence-electron chi connectivity index (χ4n) is 0.972. The van der Waals surface area contributed by atoms with Crippen LogP contribution in [0.5, 0.6) is 0 Å². The van der Waals surface area contributed by atoms with Crippen LogP contribution in [0.25, 0.3) is 0 Å². The first kappa shape index (κ1) is 12.4. The summed E-state index contributed by atoms with van der Waals surface area (Å²) in [7, 11) is 0. The number of nitriles is 1. The highest BCUT2D eigenvalue weighted by Crippen LogP contribution is 2.29. The van der Waals surface area contributed by atoms with Crippen LogP contribution >= 0.6 is 23.4 Å². The van der Waals surface area contributed by atoms with Gasteiger partial charge < -0.3 is 5.11 Å². The first-order valence-electron chi connectivity index (χ1n) is 4.60. The summed E-state index contributed by atoms with van der Waals surface area (Å²) in [6, 6.07) is 7.29. The van der Waals surface area contributed by atoms with Gasteiger partial charge in [0.1, 0.15) is 0 Å². The summed E-state index contributed by atoms with van der Waals surface area (Å²) in [5, 5.41) is 18.1. The molecule has 0 fully saturated rings. The minimum absolute atomic E-state index is 0.181. The highest BCUT2D eigenvalue weighted by molar-refractivity contribution is 7.99. The molecular formula is C11H12ClNOS. The molecule has 0 aromatic heterocycles. The number of hydrogen-bond acceptors (Lipinski definition) is 3. The van der Waals surface area contributed by atoms with Crippen molar-refractivity contribution in [2.45, 2.75) is 11.8 Å². The van der Waals surface area contributed by atoms with Crippen molar-refractivity contribution >= 4 is 23.4 Å². The topological polar surface area (TPSA) is 44.0 Å². The summed E-state index contributed by atoms with van der Waals surface area (Å²) in [5.41, 5.74) is 0.569. The van der Waals surface area contributed by atoms with Crippen LogP contribution in [0.15, 0.2) is 23.1 Å². The summed E-state index contributed by atoms with van der Waals surface area (Å²) in [4.78, 5) is 0.955. The summed E-state index contributed by atoms with van der Waals surface area (Å²) in [5.74, 6) is 1.07. The van der Waals surface area contributed by atoms with E-state index in [-0.39, 0.29) is 12.5 Å².